The first-order chi connectivity index (χ1) is 6.90. The molecule has 0 aliphatic rings. The summed E-state index contributed by atoms with van der Waals surface area (Å²) in [5, 5.41) is 8.73. The Bertz CT molecular complexity index is 562. The lowest BCUT2D eigenvalue weighted by Gasteiger charge is -2.03. The summed E-state index contributed by atoms with van der Waals surface area (Å²) in [7, 11) is 1.09. The molecule has 0 aromatic heterocycles. The fraction of sp³-hybridized carbons (Fsp3) is 0. The number of rotatable bonds is 2. The van der Waals surface area contributed by atoms with Gasteiger partial charge in [0, 0.05) is 20.7 Å². The number of hydrogen-bond donors (Lipinski definition) is 0. The van der Waals surface area contributed by atoms with Gasteiger partial charge in [0.1, 0.15) is 17.3 Å². The van der Waals surface area contributed by atoms with Crippen LogP contribution in [0.4, 0.5) is 0 Å². The Balaban J connectivity index is 3.70. The number of carbonyl (C=O) groups is 1. The minimum atomic E-state index is -4.04. The van der Waals surface area contributed by atoms with Gasteiger partial charge in [0.15, 0.2) is 0 Å². The Morgan fingerprint density at radius 2 is 2.07 bits per heavy atom. The summed E-state index contributed by atoms with van der Waals surface area (Å²) in [5.74, 6) is 0. The molecule has 0 N–H and O–H groups in total. The Kier molecular flexibility index (Phi) is 3.50. The van der Waals surface area contributed by atoms with E-state index >= 15 is 0 Å². The summed E-state index contributed by atoms with van der Waals surface area (Å²) in [6.45, 7) is 0. The van der Waals surface area contributed by atoms with E-state index in [0.717, 1.165) is 6.07 Å². The maximum absolute atomic E-state index is 11.1. The van der Waals surface area contributed by atoms with E-state index in [1.807, 2.05) is 0 Å². The highest BCUT2D eigenvalue weighted by Crippen LogP contribution is 2.27. The van der Waals surface area contributed by atoms with Gasteiger partial charge in [0.05, 0.1) is 5.56 Å². The van der Waals surface area contributed by atoms with Crippen molar-refractivity contribution in [1.82, 2.24) is 0 Å². The van der Waals surface area contributed by atoms with Crippen LogP contribution in [-0.4, -0.2) is 14.7 Å². The number of nitrogens with zero attached hydrogens (tertiary/aromatic N) is 1. The third-order valence-electron chi connectivity index (χ3n) is 1.59. The predicted molar refractivity (Wildman–Crippen MR) is 57.3 cm³/mol. The molecule has 0 aliphatic heterocycles. The summed E-state index contributed by atoms with van der Waals surface area (Å²) in [5.41, 5.74) is 0.00991. The van der Waals surface area contributed by atoms with Crippen LogP contribution in [0.2, 0.25) is 0 Å². The molecule has 15 heavy (non-hydrogen) atoms. The first-order valence-corrected chi connectivity index (χ1v) is 6.64. The minimum Gasteiger partial charge on any atom is -0.298 e. The molecule has 0 atom stereocenters. The van der Waals surface area contributed by atoms with Crippen molar-refractivity contribution >= 4 is 41.9 Å². The molecule has 7 heteroatoms. The van der Waals surface area contributed by atoms with Crippen molar-refractivity contribution in [1.29, 1.82) is 5.26 Å². The first-order valence-electron chi connectivity index (χ1n) is 3.53. The SMILES string of the molecule is N#Cc1c(Br)cc(C=O)cc1S(=O)(=O)Cl. The van der Waals surface area contributed by atoms with Gasteiger partial charge < -0.3 is 0 Å². The molecule has 0 saturated carbocycles. The number of benzene rings is 1. The molecule has 78 valence electrons. The van der Waals surface area contributed by atoms with Crippen molar-refractivity contribution in [2.24, 2.45) is 0 Å². The molecule has 0 saturated heterocycles. The monoisotopic (exact) mass is 307 g/mol. The number of hydrogen-bond acceptors (Lipinski definition) is 4. The Morgan fingerprint density at radius 3 is 2.47 bits per heavy atom. The zero-order chi connectivity index (χ0) is 11.6. The van der Waals surface area contributed by atoms with Crippen molar-refractivity contribution in [2.45, 2.75) is 4.90 Å². The van der Waals surface area contributed by atoms with Gasteiger partial charge in [-0.3, -0.25) is 4.79 Å². The lowest BCUT2D eigenvalue weighted by molar-refractivity contribution is 0.112. The van der Waals surface area contributed by atoms with Crippen molar-refractivity contribution < 1.29 is 13.2 Å². The third-order valence-corrected chi connectivity index (χ3v) is 3.56. The molecule has 0 amide bonds. The zero-order valence-corrected chi connectivity index (χ0v) is 10.2. The highest BCUT2D eigenvalue weighted by atomic mass is 79.9. The molecule has 0 unspecified atom stereocenters. The second-order valence-electron chi connectivity index (χ2n) is 2.54. The van der Waals surface area contributed by atoms with Crippen LogP contribution in [0.25, 0.3) is 0 Å². The summed E-state index contributed by atoms with van der Waals surface area (Å²) < 4.78 is 22.4. The van der Waals surface area contributed by atoms with Crippen molar-refractivity contribution in [3.8, 4) is 6.07 Å². The minimum absolute atomic E-state index is 0.115. The van der Waals surface area contributed by atoms with Crippen molar-refractivity contribution in [3.05, 3.63) is 27.7 Å². The van der Waals surface area contributed by atoms with E-state index in [1.54, 1.807) is 6.07 Å². The molecule has 1 rings (SSSR count). The van der Waals surface area contributed by atoms with Crippen LogP contribution in [0.5, 0.6) is 0 Å². The van der Waals surface area contributed by atoms with Gasteiger partial charge in [-0.05, 0) is 28.1 Å². The van der Waals surface area contributed by atoms with E-state index in [0.29, 0.717) is 6.29 Å². The number of carbonyl (C=O) groups excluding carboxylic acids is 1. The maximum atomic E-state index is 11.1. The first kappa shape index (κ1) is 12.2. The van der Waals surface area contributed by atoms with E-state index in [9.17, 15) is 13.2 Å². The van der Waals surface area contributed by atoms with Gasteiger partial charge in [-0.15, -0.1) is 0 Å². The van der Waals surface area contributed by atoms with Crippen molar-refractivity contribution in [3.63, 3.8) is 0 Å². The van der Waals surface area contributed by atoms with Gasteiger partial charge in [0.25, 0.3) is 9.05 Å². The quantitative estimate of drug-likeness (QED) is 0.619. The highest BCUT2D eigenvalue weighted by Gasteiger charge is 2.19. The summed E-state index contributed by atoms with van der Waals surface area (Å²) in [6.07, 6.45) is 0.470. The molecule has 0 radical (unpaired) electrons. The molecule has 0 aliphatic carbocycles. The van der Waals surface area contributed by atoms with Gasteiger partial charge >= 0.3 is 0 Å². The fourth-order valence-electron chi connectivity index (χ4n) is 0.970. The standard InChI is InChI=1S/C8H3BrClNO3S/c9-7-1-5(4-12)2-8(6(7)3-11)15(10,13)14/h1-2,4H. The highest BCUT2D eigenvalue weighted by molar-refractivity contribution is 9.10. The molecular weight excluding hydrogens is 306 g/mol. The predicted octanol–water partition coefficient (Wildman–Crippen LogP) is 2.06. The second kappa shape index (κ2) is 4.31. The number of aldehydes is 1. The lowest BCUT2D eigenvalue weighted by Crippen LogP contribution is -1.98. The lowest BCUT2D eigenvalue weighted by atomic mass is 10.2. The Morgan fingerprint density at radius 1 is 1.47 bits per heavy atom. The van der Waals surface area contributed by atoms with Crippen LogP contribution in [0.15, 0.2) is 21.5 Å². The van der Waals surface area contributed by atoms with E-state index in [1.165, 1.54) is 6.07 Å². The van der Waals surface area contributed by atoms with Crippen LogP contribution in [0, 0.1) is 11.3 Å². The average Bonchev–Trinajstić information content (AvgIpc) is 2.15. The van der Waals surface area contributed by atoms with E-state index in [2.05, 4.69) is 15.9 Å². The maximum Gasteiger partial charge on any atom is 0.262 e. The molecule has 1 aromatic rings. The van der Waals surface area contributed by atoms with Gasteiger partial charge in [-0.25, -0.2) is 8.42 Å². The second-order valence-corrected chi connectivity index (χ2v) is 5.93. The average molecular weight is 309 g/mol. The molecule has 0 fully saturated rings. The summed E-state index contributed by atoms with van der Waals surface area (Å²) >= 11 is 2.99. The Hall–Kier alpha value is -0.900. The number of nitriles is 1. The smallest absolute Gasteiger partial charge is 0.262 e. The molecule has 0 spiro atoms. The van der Waals surface area contributed by atoms with Crippen LogP contribution < -0.4 is 0 Å². The molecule has 0 heterocycles. The normalized spacial score (nSPS) is 10.7. The number of halogens is 2. The third kappa shape index (κ3) is 2.56. The van der Waals surface area contributed by atoms with E-state index in [4.69, 9.17) is 15.9 Å². The van der Waals surface area contributed by atoms with Crippen molar-refractivity contribution in [2.75, 3.05) is 0 Å². The van der Waals surface area contributed by atoms with E-state index < -0.39 is 9.05 Å². The topological polar surface area (TPSA) is 75.0 Å². The van der Waals surface area contributed by atoms with Gasteiger partial charge in [-0.2, -0.15) is 5.26 Å². The van der Waals surface area contributed by atoms with Gasteiger partial charge in [-0.1, -0.05) is 0 Å². The zero-order valence-electron chi connectivity index (χ0n) is 7.07. The molecular formula is C8H3BrClNO3S. The molecule has 4 nitrogen and oxygen atoms in total. The van der Waals surface area contributed by atoms with Gasteiger partial charge in [0.2, 0.25) is 0 Å². The summed E-state index contributed by atoms with van der Waals surface area (Å²) in [6, 6.07) is 4.09. The Labute approximate surface area is 99.0 Å². The summed E-state index contributed by atoms with van der Waals surface area (Å²) in [4.78, 5) is 10.1. The largest absolute Gasteiger partial charge is 0.298 e. The van der Waals surface area contributed by atoms with Crippen LogP contribution in [-0.2, 0) is 9.05 Å². The van der Waals surface area contributed by atoms with Crippen LogP contribution in [0.1, 0.15) is 15.9 Å². The molecule has 1 aromatic carbocycles. The fourth-order valence-corrected chi connectivity index (χ4v) is 2.71. The van der Waals surface area contributed by atoms with E-state index in [-0.39, 0.29) is 20.5 Å². The van der Waals surface area contributed by atoms with Crippen LogP contribution >= 0.6 is 26.6 Å². The molecule has 0 bridgehead atoms. The van der Waals surface area contributed by atoms with Crippen LogP contribution in [0.3, 0.4) is 0 Å².